The summed E-state index contributed by atoms with van der Waals surface area (Å²) in [4.78, 5) is 4.47. The summed E-state index contributed by atoms with van der Waals surface area (Å²) >= 11 is 18.1. The van der Waals surface area contributed by atoms with E-state index in [9.17, 15) is 0 Å². The van der Waals surface area contributed by atoms with Gasteiger partial charge in [-0.1, -0.05) is 34.8 Å². The second-order valence-corrected chi connectivity index (χ2v) is 7.09. The van der Waals surface area contributed by atoms with Crippen molar-refractivity contribution in [2.24, 2.45) is 5.73 Å². The van der Waals surface area contributed by atoms with Gasteiger partial charge in [-0.05, 0) is 44.0 Å². The number of imidazole rings is 1. The van der Waals surface area contributed by atoms with Gasteiger partial charge >= 0.3 is 0 Å². The Morgan fingerprint density at radius 1 is 1.26 bits per heavy atom. The molecule has 0 aliphatic rings. The summed E-state index contributed by atoms with van der Waals surface area (Å²) in [6.07, 6.45) is 0. The maximum absolute atomic E-state index is 6.02. The van der Waals surface area contributed by atoms with Crippen LogP contribution in [0.25, 0.3) is 11.0 Å². The number of hydrogen-bond donors (Lipinski definition) is 1. The number of alkyl halides is 3. The summed E-state index contributed by atoms with van der Waals surface area (Å²) in [7, 11) is 0. The fourth-order valence-corrected chi connectivity index (χ4v) is 2.50. The normalized spacial score (nSPS) is 14.1. The fraction of sp³-hybridized carbons (Fsp3) is 0.462. The van der Waals surface area contributed by atoms with Gasteiger partial charge < -0.3 is 10.3 Å². The van der Waals surface area contributed by atoms with Gasteiger partial charge in [0.05, 0.1) is 11.0 Å². The molecular formula is C13H16Cl3N3. The molecule has 1 unspecified atom stereocenters. The minimum atomic E-state index is -1.57. The van der Waals surface area contributed by atoms with Gasteiger partial charge in [-0.2, -0.15) is 0 Å². The molecule has 2 N–H and O–H groups in total. The lowest BCUT2D eigenvalue weighted by Gasteiger charge is -2.19. The molecule has 0 amide bonds. The standard InChI is InChI=1S/C13H16Cl3N3/c1-7-4-10-11(5-8(7)2)19(9(3)6-17)12(18-10)13(14,15)16/h4-5,9H,6,17H2,1-3H3. The molecule has 6 heteroatoms. The Hall–Kier alpha value is -0.480. The molecule has 0 radical (unpaired) electrons. The van der Waals surface area contributed by atoms with Gasteiger partial charge in [0.25, 0.3) is 0 Å². The van der Waals surface area contributed by atoms with Gasteiger partial charge in [-0.3, -0.25) is 0 Å². The lowest BCUT2D eigenvalue weighted by molar-refractivity contribution is 0.551. The zero-order valence-electron chi connectivity index (χ0n) is 11.0. The highest BCUT2D eigenvalue weighted by Crippen LogP contribution is 2.40. The maximum atomic E-state index is 6.02. The van der Waals surface area contributed by atoms with Crippen LogP contribution < -0.4 is 5.73 Å². The second-order valence-electron chi connectivity index (χ2n) is 4.81. The minimum Gasteiger partial charge on any atom is -0.328 e. The van der Waals surface area contributed by atoms with Crippen LogP contribution in [-0.2, 0) is 3.79 Å². The van der Waals surface area contributed by atoms with Crippen molar-refractivity contribution in [2.45, 2.75) is 30.6 Å². The molecule has 0 bridgehead atoms. The molecule has 3 nitrogen and oxygen atoms in total. The van der Waals surface area contributed by atoms with E-state index in [2.05, 4.69) is 11.1 Å². The number of hydrogen-bond acceptors (Lipinski definition) is 2. The monoisotopic (exact) mass is 319 g/mol. The first-order valence-corrected chi connectivity index (χ1v) is 7.15. The predicted octanol–water partition coefficient (Wildman–Crippen LogP) is 4.00. The van der Waals surface area contributed by atoms with Crippen LogP contribution in [0.1, 0.15) is 29.9 Å². The van der Waals surface area contributed by atoms with E-state index in [1.807, 2.05) is 31.4 Å². The summed E-state index contributed by atoms with van der Waals surface area (Å²) in [5.41, 5.74) is 9.86. The zero-order valence-corrected chi connectivity index (χ0v) is 13.3. The van der Waals surface area contributed by atoms with Crippen LogP contribution in [0.5, 0.6) is 0 Å². The van der Waals surface area contributed by atoms with Crippen molar-refractivity contribution in [3.8, 4) is 0 Å². The van der Waals surface area contributed by atoms with Crippen LogP contribution in [0.15, 0.2) is 12.1 Å². The van der Waals surface area contributed by atoms with Crippen molar-refractivity contribution in [2.75, 3.05) is 6.54 Å². The molecule has 1 heterocycles. The topological polar surface area (TPSA) is 43.8 Å². The van der Waals surface area contributed by atoms with Gasteiger partial charge in [-0.25, -0.2) is 4.98 Å². The molecule has 0 saturated carbocycles. The SMILES string of the molecule is Cc1cc2nc(C(Cl)(Cl)Cl)n(C(C)CN)c2cc1C. The third-order valence-electron chi connectivity index (χ3n) is 3.34. The highest BCUT2D eigenvalue weighted by atomic mass is 35.6. The number of benzene rings is 1. The van der Waals surface area contributed by atoms with E-state index < -0.39 is 3.79 Å². The summed E-state index contributed by atoms with van der Waals surface area (Å²) in [5.74, 6) is 0.412. The van der Waals surface area contributed by atoms with Crippen molar-refractivity contribution in [3.63, 3.8) is 0 Å². The van der Waals surface area contributed by atoms with Crippen molar-refractivity contribution < 1.29 is 0 Å². The Bertz CT molecular complexity index is 614. The van der Waals surface area contributed by atoms with E-state index >= 15 is 0 Å². The number of fused-ring (bicyclic) bond motifs is 1. The van der Waals surface area contributed by atoms with E-state index in [1.54, 1.807) is 0 Å². The van der Waals surface area contributed by atoms with E-state index in [-0.39, 0.29) is 6.04 Å². The number of aryl methyl sites for hydroxylation is 2. The molecule has 1 aromatic heterocycles. The highest BCUT2D eigenvalue weighted by Gasteiger charge is 2.32. The number of halogens is 3. The van der Waals surface area contributed by atoms with Gasteiger partial charge in [0.15, 0.2) is 5.82 Å². The predicted molar refractivity (Wildman–Crippen MR) is 82.2 cm³/mol. The fourth-order valence-electron chi connectivity index (χ4n) is 2.10. The first kappa shape index (κ1) is 14.9. The first-order valence-electron chi connectivity index (χ1n) is 6.02. The lowest BCUT2D eigenvalue weighted by atomic mass is 10.1. The van der Waals surface area contributed by atoms with Crippen LogP contribution in [0.4, 0.5) is 0 Å². The molecule has 1 atom stereocenters. The highest BCUT2D eigenvalue weighted by molar-refractivity contribution is 6.66. The molecule has 104 valence electrons. The molecule has 2 rings (SSSR count). The molecule has 0 aliphatic heterocycles. The summed E-state index contributed by atoms with van der Waals surface area (Å²) in [6.45, 7) is 6.52. The number of nitrogens with two attached hydrogens (primary N) is 1. The molecule has 1 aromatic carbocycles. The van der Waals surface area contributed by atoms with E-state index in [0.29, 0.717) is 12.4 Å². The van der Waals surface area contributed by atoms with Crippen molar-refractivity contribution in [1.29, 1.82) is 0 Å². The quantitative estimate of drug-likeness (QED) is 0.850. The zero-order chi connectivity index (χ0) is 14.4. The van der Waals surface area contributed by atoms with Crippen LogP contribution in [0.3, 0.4) is 0 Å². The average Bonchev–Trinajstić information content (AvgIpc) is 2.67. The molecule has 0 spiro atoms. The van der Waals surface area contributed by atoms with Crippen LogP contribution in [0.2, 0.25) is 0 Å². The maximum Gasteiger partial charge on any atom is 0.248 e. The van der Waals surface area contributed by atoms with E-state index in [4.69, 9.17) is 40.5 Å². The van der Waals surface area contributed by atoms with E-state index in [0.717, 1.165) is 16.6 Å². The third kappa shape index (κ3) is 2.70. The Balaban J connectivity index is 2.82. The molecule has 0 saturated heterocycles. The van der Waals surface area contributed by atoms with Gasteiger partial charge in [-0.15, -0.1) is 0 Å². The Morgan fingerprint density at radius 2 is 1.84 bits per heavy atom. The van der Waals surface area contributed by atoms with Crippen molar-refractivity contribution in [3.05, 3.63) is 29.1 Å². The molecular weight excluding hydrogens is 305 g/mol. The molecule has 19 heavy (non-hydrogen) atoms. The first-order chi connectivity index (χ1) is 8.75. The van der Waals surface area contributed by atoms with Crippen molar-refractivity contribution in [1.82, 2.24) is 9.55 Å². The van der Waals surface area contributed by atoms with Gasteiger partial charge in [0, 0.05) is 12.6 Å². The molecule has 0 aliphatic carbocycles. The van der Waals surface area contributed by atoms with Gasteiger partial charge in [0.1, 0.15) is 0 Å². The summed E-state index contributed by atoms with van der Waals surface area (Å²) < 4.78 is 0.346. The van der Waals surface area contributed by atoms with Gasteiger partial charge in [0.2, 0.25) is 3.79 Å². The van der Waals surface area contributed by atoms with Crippen LogP contribution in [0, 0.1) is 13.8 Å². The summed E-state index contributed by atoms with van der Waals surface area (Å²) in [5, 5.41) is 0. The Labute approximate surface area is 127 Å². The third-order valence-corrected chi connectivity index (χ3v) is 3.85. The van der Waals surface area contributed by atoms with Crippen molar-refractivity contribution >= 4 is 45.8 Å². The van der Waals surface area contributed by atoms with E-state index in [1.165, 1.54) is 5.56 Å². The Morgan fingerprint density at radius 3 is 2.37 bits per heavy atom. The Kier molecular flexibility index (Phi) is 4.03. The average molecular weight is 321 g/mol. The van der Waals surface area contributed by atoms with Crippen LogP contribution >= 0.6 is 34.8 Å². The lowest BCUT2D eigenvalue weighted by Crippen LogP contribution is -2.21. The molecule has 0 fully saturated rings. The minimum absolute atomic E-state index is 0.0118. The molecule has 2 aromatic rings. The second kappa shape index (κ2) is 5.13. The smallest absolute Gasteiger partial charge is 0.248 e. The number of aromatic nitrogens is 2. The van der Waals surface area contributed by atoms with Crippen LogP contribution in [-0.4, -0.2) is 16.1 Å². The largest absolute Gasteiger partial charge is 0.328 e. The number of rotatable bonds is 2. The summed E-state index contributed by atoms with van der Waals surface area (Å²) in [6, 6.07) is 4.08. The number of nitrogens with zero attached hydrogens (tertiary/aromatic N) is 2.